The predicted molar refractivity (Wildman–Crippen MR) is 93.2 cm³/mol. The van der Waals surface area contributed by atoms with E-state index in [2.05, 4.69) is 73.2 Å². The number of ketones is 1. The van der Waals surface area contributed by atoms with Crippen molar-refractivity contribution in [1.82, 2.24) is 0 Å². The molecule has 4 heteroatoms. The van der Waals surface area contributed by atoms with Crippen LogP contribution in [-0.2, 0) is 0 Å². The zero-order valence-electron chi connectivity index (χ0n) is 9.35. The normalized spacial score (nSPS) is 12.6. The summed E-state index contributed by atoms with van der Waals surface area (Å²) in [5.41, 5.74) is 4.91. The molecule has 0 fully saturated rings. The Bertz CT molecular complexity index is 648. The number of hydrogen-bond donors (Lipinski definition) is 0. The summed E-state index contributed by atoms with van der Waals surface area (Å²) >= 11 is 8.08. The van der Waals surface area contributed by atoms with Crippen LogP contribution in [0.5, 0.6) is 0 Å². The van der Waals surface area contributed by atoms with Crippen LogP contribution in [0.3, 0.4) is 0 Å². The van der Waals surface area contributed by atoms with Crippen LogP contribution in [0, 0.1) is 14.1 Å². The molecule has 0 aliphatic heterocycles. The number of rotatable bonds is 0. The summed E-state index contributed by atoms with van der Waals surface area (Å²) in [5.74, 6) is 0.136. The fourth-order valence-electron chi connectivity index (χ4n) is 2.19. The van der Waals surface area contributed by atoms with Gasteiger partial charge in [0.2, 0.25) is 0 Å². The maximum atomic E-state index is 12.4. The molecule has 0 saturated heterocycles. The lowest BCUT2D eigenvalue weighted by Gasteiger charge is -2.04. The van der Waals surface area contributed by atoms with Gasteiger partial charge in [0.15, 0.2) is 5.78 Å². The molecule has 90 valence electrons. The van der Waals surface area contributed by atoms with Gasteiger partial charge in [-0.2, -0.15) is 0 Å². The Hall–Kier alpha value is 0.0500. The first kappa shape index (κ1) is 13.1. The van der Waals surface area contributed by atoms with Gasteiger partial charge in [0, 0.05) is 22.7 Å². The van der Waals surface area contributed by atoms with E-state index in [1.54, 1.807) is 0 Å². The fraction of sp³-hybridized carbons (Fsp3) is 0.0714. The lowest BCUT2D eigenvalue weighted by Crippen LogP contribution is -1.96. The molecule has 0 aromatic heterocycles. The zero-order chi connectivity index (χ0) is 13.0. The van der Waals surface area contributed by atoms with Gasteiger partial charge in [-0.1, -0.05) is 0 Å². The molecule has 18 heavy (non-hydrogen) atoms. The third-order valence-corrected chi connectivity index (χ3v) is 6.59. The largest absolute Gasteiger partial charge is 0.289 e. The highest BCUT2D eigenvalue weighted by Crippen LogP contribution is 2.40. The number of fused-ring (bicyclic) bond motifs is 3. The number of halogens is 3. The quantitative estimate of drug-likeness (QED) is 0.371. The molecule has 0 N–H and O–H groups in total. The standard InChI is InChI=1S/C14H7BrI2O/c1-6-2-9-7(4-12(6)16)8-5-13(17)11(15)3-10(8)14(9)18/h2-5H,1H3. The van der Waals surface area contributed by atoms with Crippen molar-refractivity contribution >= 4 is 66.9 Å². The number of aryl methyl sites for hydroxylation is 1. The predicted octanol–water partition coefficient (Wildman–Crippen LogP) is 5.18. The van der Waals surface area contributed by atoms with Crippen LogP contribution < -0.4 is 0 Å². The van der Waals surface area contributed by atoms with Crippen molar-refractivity contribution < 1.29 is 4.79 Å². The molecule has 0 unspecified atom stereocenters. The highest BCUT2D eigenvalue weighted by Gasteiger charge is 2.28. The minimum Gasteiger partial charge on any atom is -0.289 e. The lowest BCUT2D eigenvalue weighted by molar-refractivity contribution is 0.104. The summed E-state index contributed by atoms with van der Waals surface area (Å²) in [4.78, 5) is 12.4. The molecule has 0 saturated carbocycles. The van der Waals surface area contributed by atoms with E-state index in [0.29, 0.717) is 0 Å². The summed E-state index contributed by atoms with van der Waals surface area (Å²) in [6.07, 6.45) is 0. The van der Waals surface area contributed by atoms with E-state index in [1.807, 2.05) is 19.1 Å². The summed E-state index contributed by atoms with van der Waals surface area (Å²) in [7, 11) is 0. The first-order valence-electron chi connectivity index (χ1n) is 5.33. The van der Waals surface area contributed by atoms with Gasteiger partial charge in [-0.3, -0.25) is 4.79 Å². The number of benzene rings is 2. The summed E-state index contributed by atoms with van der Waals surface area (Å²) in [6.45, 7) is 2.04. The second-order valence-corrected chi connectivity index (χ2v) is 7.47. The SMILES string of the molecule is Cc1cc2c(cc1I)-c1cc(I)c(Br)cc1C2=O. The van der Waals surface area contributed by atoms with Crippen molar-refractivity contribution in [3.63, 3.8) is 0 Å². The van der Waals surface area contributed by atoms with E-state index in [4.69, 9.17) is 0 Å². The molecule has 3 rings (SSSR count). The van der Waals surface area contributed by atoms with Crippen LogP contribution in [0.2, 0.25) is 0 Å². The van der Waals surface area contributed by atoms with Crippen LogP contribution >= 0.6 is 61.1 Å². The van der Waals surface area contributed by atoms with E-state index in [9.17, 15) is 4.79 Å². The van der Waals surface area contributed by atoms with Crippen molar-refractivity contribution in [3.8, 4) is 11.1 Å². The van der Waals surface area contributed by atoms with E-state index < -0.39 is 0 Å². The maximum Gasteiger partial charge on any atom is 0.194 e. The fourth-order valence-corrected chi connectivity index (χ4v) is 3.47. The summed E-state index contributed by atoms with van der Waals surface area (Å²) < 4.78 is 3.31. The van der Waals surface area contributed by atoms with E-state index >= 15 is 0 Å². The van der Waals surface area contributed by atoms with Gasteiger partial charge in [0.05, 0.1) is 0 Å². The topological polar surface area (TPSA) is 17.1 Å². The van der Waals surface area contributed by atoms with Crippen LogP contribution in [0.15, 0.2) is 28.7 Å². The van der Waals surface area contributed by atoms with Crippen molar-refractivity contribution in [2.24, 2.45) is 0 Å². The third kappa shape index (κ3) is 1.87. The summed E-state index contributed by atoms with van der Waals surface area (Å²) in [6, 6.07) is 8.12. The zero-order valence-corrected chi connectivity index (χ0v) is 15.3. The molecule has 2 aromatic carbocycles. The molecule has 0 amide bonds. The number of carbonyl (C=O) groups excluding carboxylic acids is 1. The molecule has 1 aliphatic rings. The second-order valence-electron chi connectivity index (χ2n) is 4.29. The number of hydrogen-bond acceptors (Lipinski definition) is 1. The first-order chi connectivity index (χ1) is 8.49. The Morgan fingerprint density at radius 1 is 0.889 bits per heavy atom. The average Bonchev–Trinajstić information content (AvgIpc) is 2.56. The van der Waals surface area contributed by atoms with Crippen LogP contribution in [0.4, 0.5) is 0 Å². The molecule has 1 nitrogen and oxygen atoms in total. The van der Waals surface area contributed by atoms with Gasteiger partial charge in [-0.15, -0.1) is 0 Å². The molecule has 0 bridgehead atoms. The van der Waals surface area contributed by atoms with Gasteiger partial charge < -0.3 is 0 Å². The molecule has 1 aliphatic carbocycles. The first-order valence-corrected chi connectivity index (χ1v) is 8.28. The minimum absolute atomic E-state index is 0.136. The van der Waals surface area contributed by atoms with E-state index in [1.165, 1.54) is 3.57 Å². The Morgan fingerprint density at radius 2 is 1.44 bits per heavy atom. The minimum atomic E-state index is 0.136. The smallest absolute Gasteiger partial charge is 0.194 e. The van der Waals surface area contributed by atoms with Crippen molar-refractivity contribution in [1.29, 1.82) is 0 Å². The Kier molecular flexibility index (Phi) is 3.30. The molecule has 2 aromatic rings. The maximum absolute atomic E-state index is 12.4. The lowest BCUT2D eigenvalue weighted by atomic mass is 10.0. The summed E-state index contributed by atoms with van der Waals surface area (Å²) in [5, 5.41) is 0. The molecular weight excluding hydrogens is 518 g/mol. The van der Waals surface area contributed by atoms with Crippen molar-refractivity contribution in [3.05, 3.63) is 52.6 Å². The van der Waals surface area contributed by atoms with Gasteiger partial charge >= 0.3 is 0 Å². The Morgan fingerprint density at radius 3 is 2.11 bits per heavy atom. The average molecular weight is 525 g/mol. The molecule has 0 spiro atoms. The van der Waals surface area contributed by atoms with E-state index in [0.717, 1.165) is 35.9 Å². The van der Waals surface area contributed by atoms with Crippen LogP contribution in [0.1, 0.15) is 21.5 Å². The van der Waals surface area contributed by atoms with E-state index in [-0.39, 0.29) is 5.78 Å². The van der Waals surface area contributed by atoms with Gasteiger partial charge in [0.25, 0.3) is 0 Å². The Labute approximate surface area is 141 Å². The monoisotopic (exact) mass is 524 g/mol. The molecule has 0 atom stereocenters. The second kappa shape index (κ2) is 4.56. The van der Waals surface area contributed by atoms with Gasteiger partial charge in [0.1, 0.15) is 0 Å². The molecular formula is C14H7BrI2O. The van der Waals surface area contributed by atoms with Gasteiger partial charge in [-0.25, -0.2) is 0 Å². The van der Waals surface area contributed by atoms with Crippen molar-refractivity contribution in [2.75, 3.05) is 0 Å². The highest BCUT2D eigenvalue weighted by molar-refractivity contribution is 14.1. The highest BCUT2D eigenvalue weighted by atomic mass is 127. The Balaban J connectivity index is 2.37. The van der Waals surface area contributed by atoms with Crippen molar-refractivity contribution in [2.45, 2.75) is 6.92 Å². The van der Waals surface area contributed by atoms with Crippen LogP contribution in [0.25, 0.3) is 11.1 Å². The van der Waals surface area contributed by atoms with Gasteiger partial charge in [-0.05, 0) is 109 Å². The molecule has 0 heterocycles. The number of carbonyl (C=O) groups is 1. The third-order valence-electron chi connectivity index (χ3n) is 3.14. The van der Waals surface area contributed by atoms with Crippen LogP contribution in [-0.4, -0.2) is 5.78 Å². The molecule has 0 radical (unpaired) electrons.